The Bertz CT molecular complexity index is 890. The number of hydrogen-bond donors (Lipinski definition) is 1. The molecule has 0 saturated carbocycles. The Kier molecular flexibility index (Phi) is 6.57. The van der Waals surface area contributed by atoms with Crippen molar-refractivity contribution in [2.45, 2.75) is 64.0 Å². The number of fused-ring (bicyclic) bond motifs is 1. The summed E-state index contributed by atoms with van der Waals surface area (Å²) in [7, 11) is -2.68. The van der Waals surface area contributed by atoms with Gasteiger partial charge in [0.2, 0.25) is 0 Å². The highest BCUT2D eigenvalue weighted by atomic mass is 31.2. The quantitative estimate of drug-likeness (QED) is 0.606. The second-order valence-electron chi connectivity index (χ2n) is 7.43. The molecule has 2 unspecified atom stereocenters. The summed E-state index contributed by atoms with van der Waals surface area (Å²) in [6.45, 7) is 7.02. The summed E-state index contributed by atoms with van der Waals surface area (Å²) in [6.07, 6.45) is -0.289. The van der Waals surface area contributed by atoms with E-state index in [9.17, 15) is 9.46 Å². The van der Waals surface area contributed by atoms with Crippen LogP contribution in [0, 0.1) is 0 Å². The van der Waals surface area contributed by atoms with Crippen molar-refractivity contribution in [3.63, 3.8) is 0 Å². The van der Waals surface area contributed by atoms with E-state index in [1.54, 1.807) is 18.4 Å². The normalized spacial score (nSPS) is 27.2. The number of rotatable bonds is 8. The molecular weight excluding hydrogens is 401 g/mol. The molecule has 0 bridgehead atoms. The zero-order valence-electron chi connectivity index (χ0n) is 17.1. The minimum Gasteiger partial charge on any atom is -0.778 e. The van der Waals surface area contributed by atoms with Crippen LogP contribution in [0.15, 0.2) is 12.7 Å². The van der Waals surface area contributed by atoms with E-state index in [-0.39, 0.29) is 18.5 Å². The smallest absolute Gasteiger partial charge is 0.167 e. The molecule has 2 N–H and O–H groups in total. The highest BCUT2D eigenvalue weighted by molar-refractivity contribution is 7.52. The highest BCUT2D eigenvalue weighted by Gasteiger charge is 2.49. The maximum absolute atomic E-state index is 12.5. The van der Waals surface area contributed by atoms with E-state index >= 15 is 0 Å². The van der Waals surface area contributed by atoms with Gasteiger partial charge in [-0.2, -0.15) is 0 Å². The molecule has 3 heterocycles. The molecule has 0 radical (unpaired) electrons. The number of methoxy groups -OCH3 is 1. The molecular formula is C17H27N5O6P-. The van der Waals surface area contributed by atoms with Crippen LogP contribution in [0.25, 0.3) is 11.2 Å². The zero-order valence-corrected chi connectivity index (χ0v) is 18.0. The standard InChI is InChI=1S/C17H28N5O6P/c1-9(2)26-6-11-13(28-29(23,24)10(3)4)14(25-5)17(27-11)22-8-21-12-15(18)19-7-20-16(12)22/h7-11,13-14,17H,6H2,1-5H3,(H,23,24)(H2,18,19,20)/p-1/t11-,13+,14?,17-/m1/s1. The van der Waals surface area contributed by atoms with Crippen LogP contribution >= 0.6 is 7.60 Å². The van der Waals surface area contributed by atoms with Gasteiger partial charge >= 0.3 is 0 Å². The van der Waals surface area contributed by atoms with Gasteiger partial charge < -0.3 is 33.9 Å². The first kappa shape index (κ1) is 22.1. The number of nitrogens with zero attached hydrogens (tertiary/aromatic N) is 4. The largest absolute Gasteiger partial charge is 0.778 e. The van der Waals surface area contributed by atoms with Crippen molar-refractivity contribution >= 4 is 24.6 Å². The second-order valence-corrected chi connectivity index (χ2v) is 9.76. The Hall–Kier alpha value is -1.62. The Morgan fingerprint density at radius 3 is 2.62 bits per heavy atom. The van der Waals surface area contributed by atoms with Crippen molar-refractivity contribution in [2.24, 2.45) is 0 Å². The molecule has 162 valence electrons. The van der Waals surface area contributed by atoms with Crippen LogP contribution in [0.1, 0.15) is 33.9 Å². The molecule has 0 aromatic carbocycles. The highest BCUT2D eigenvalue weighted by Crippen LogP contribution is 2.48. The lowest BCUT2D eigenvalue weighted by Gasteiger charge is -2.33. The summed E-state index contributed by atoms with van der Waals surface area (Å²) < 4.78 is 37.1. The average Bonchev–Trinajstić information content (AvgIpc) is 3.21. The lowest BCUT2D eigenvalue weighted by atomic mass is 10.1. The predicted molar refractivity (Wildman–Crippen MR) is 103 cm³/mol. The van der Waals surface area contributed by atoms with Gasteiger partial charge in [-0.25, -0.2) is 15.0 Å². The van der Waals surface area contributed by atoms with Crippen LogP contribution in [0.2, 0.25) is 0 Å². The van der Waals surface area contributed by atoms with Gasteiger partial charge in [-0.3, -0.25) is 4.57 Å². The number of imidazole rings is 1. The summed E-state index contributed by atoms with van der Waals surface area (Å²) in [4.78, 5) is 24.9. The first-order valence-corrected chi connectivity index (χ1v) is 11.0. The fraction of sp³-hybridized carbons (Fsp3) is 0.706. The molecule has 11 nitrogen and oxygen atoms in total. The van der Waals surface area contributed by atoms with Crippen LogP contribution in [0.4, 0.5) is 5.82 Å². The van der Waals surface area contributed by atoms with Crippen molar-refractivity contribution in [2.75, 3.05) is 19.5 Å². The third kappa shape index (κ3) is 4.45. The molecule has 1 aliphatic heterocycles. The van der Waals surface area contributed by atoms with Gasteiger partial charge in [-0.15, -0.1) is 0 Å². The predicted octanol–water partition coefficient (Wildman–Crippen LogP) is 1.09. The van der Waals surface area contributed by atoms with Crippen LogP contribution in [0.5, 0.6) is 0 Å². The van der Waals surface area contributed by atoms with Crippen molar-refractivity contribution in [1.82, 2.24) is 19.5 Å². The summed E-state index contributed by atoms with van der Waals surface area (Å²) >= 11 is 0. The monoisotopic (exact) mass is 428 g/mol. The second kappa shape index (κ2) is 8.63. The molecule has 2 aromatic heterocycles. The summed E-state index contributed by atoms with van der Waals surface area (Å²) in [6, 6.07) is 0. The van der Waals surface area contributed by atoms with Crippen molar-refractivity contribution < 1.29 is 28.2 Å². The lowest BCUT2D eigenvalue weighted by molar-refractivity contribution is -0.209. The lowest BCUT2D eigenvalue weighted by Crippen LogP contribution is -2.39. The van der Waals surface area contributed by atoms with Crippen molar-refractivity contribution in [3.05, 3.63) is 12.7 Å². The van der Waals surface area contributed by atoms with E-state index in [0.717, 1.165) is 0 Å². The molecule has 0 aliphatic carbocycles. The zero-order chi connectivity index (χ0) is 21.3. The molecule has 1 fully saturated rings. The fourth-order valence-corrected chi connectivity index (χ4v) is 3.92. The summed E-state index contributed by atoms with van der Waals surface area (Å²) in [5, 5.41) is 0. The molecule has 0 amide bonds. The number of nitrogen functional groups attached to an aromatic ring is 1. The maximum Gasteiger partial charge on any atom is 0.167 e. The van der Waals surface area contributed by atoms with Crippen LogP contribution < -0.4 is 10.6 Å². The number of hydrogen-bond acceptors (Lipinski definition) is 10. The minimum atomic E-state index is -4.14. The molecule has 12 heteroatoms. The SMILES string of the molecule is COC1[C@@H](OP(=O)([O-])C(C)C)[C@@H](COC(C)C)O[C@H]1n1cnc2c(N)ncnc21. The Balaban J connectivity index is 1.97. The summed E-state index contributed by atoms with van der Waals surface area (Å²) in [5.74, 6) is 0.233. The third-order valence-electron chi connectivity index (χ3n) is 4.71. The molecule has 5 atom stereocenters. The van der Waals surface area contributed by atoms with Crippen molar-refractivity contribution in [3.8, 4) is 0 Å². The first-order valence-electron chi connectivity index (χ1n) is 9.37. The van der Waals surface area contributed by atoms with Crippen LogP contribution in [0.3, 0.4) is 0 Å². The van der Waals surface area contributed by atoms with Crippen LogP contribution in [-0.4, -0.2) is 63.3 Å². The van der Waals surface area contributed by atoms with E-state index in [2.05, 4.69) is 15.0 Å². The van der Waals surface area contributed by atoms with Gasteiger partial charge in [0.25, 0.3) is 0 Å². The van der Waals surface area contributed by atoms with Gasteiger partial charge in [0.1, 0.15) is 37.8 Å². The number of anilines is 1. The van der Waals surface area contributed by atoms with Crippen molar-refractivity contribution in [1.29, 1.82) is 0 Å². The Morgan fingerprint density at radius 1 is 1.28 bits per heavy atom. The number of ether oxygens (including phenoxy) is 3. The van der Waals surface area contributed by atoms with Gasteiger partial charge in [0, 0.05) is 12.8 Å². The maximum atomic E-state index is 12.5. The number of nitrogens with two attached hydrogens (primary N) is 1. The molecule has 1 saturated heterocycles. The molecule has 2 aromatic rings. The van der Waals surface area contributed by atoms with Crippen LogP contribution in [-0.2, 0) is 23.3 Å². The van der Waals surface area contributed by atoms with E-state index in [1.165, 1.54) is 19.8 Å². The average molecular weight is 428 g/mol. The van der Waals surface area contributed by atoms with Gasteiger partial charge in [0.05, 0.1) is 19.0 Å². The fourth-order valence-electron chi connectivity index (χ4n) is 3.08. The van der Waals surface area contributed by atoms with Gasteiger partial charge in [0.15, 0.2) is 17.7 Å². The van der Waals surface area contributed by atoms with E-state index < -0.39 is 37.8 Å². The summed E-state index contributed by atoms with van der Waals surface area (Å²) in [5.41, 5.74) is 6.04. The molecule has 29 heavy (non-hydrogen) atoms. The van der Waals surface area contributed by atoms with E-state index in [0.29, 0.717) is 11.2 Å². The first-order chi connectivity index (χ1) is 13.7. The number of aromatic nitrogens is 4. The van der Waals surface area contributed by atoms with Gasteiger partial charge in [-0.1, -0.05) is 13.8 Å². The van der Waals surface area contributed by atoms with E-state index in [4.69, 9.17) is 24.5 Å². The topological polar surface area (TPSA) is 147 Å². The molecule has 1 aliphatic rings. The Morgan fingerprint density at radius 2 is 2.00 bits per heavy atom. The molecule has 3 rings (SSSR count). The molecule has 0 spiro atoms. The minimum absolute atomic E-state index is 0.0648. The van der Waals surface area contributed by atoms with E-state index in [1.807, 2.05) is 13.8 Å². The Labute approximate surface area is 169 Å². The third-order valence-corrected chi connectivity index (χ3v) is 6.52. The van der Waals surface area contributed by atoms with Gasteiger partial charge in [-0.05, 0) is 13.8 Å².